The Morgan fingerprint density at radius 1 is 1.44 bits per heavy atom. The van der Waals surface area contributed by atoms with E-state index in [1.165, 1.54) is 7.11 Å². The molecule has 0 unspecified atom stereocenters. The average molecular weight is 266 g/mol. The highest BCUT2D eigenvalue weighted by Gasteiger charge is 2.04. The Kier molecular flexibility index (Phi) is 5.79. The van der Waals surface area contributed by atoms with Gasteiger partial charge in [0.05, 0.1) is 12.7 Å². The number of carbonyl (C=O) groups excluding carboxylic acids is 1. The van der Waals surface area contributed by atoms with Crippen LogP contribution in [0.15, 0.2) is 24.3 Å². The number of hydrazone groups is 1. The maximum Gasteiger partial charge on any atom is 0.337 e. The van der Waals surface area contributed by atoms with Crippen molar-refractivity contribution in [1.82, 2.24) is 10.7 Å². The number of methoxy groups -OCH3 is 1. The zero-order chi connectivity index (χ0) is 13.4. The molecular weight excluding hydrogens is 250 g/mol. The van der Waals surface area contributed by atoms with Crippen molar-refractivity contribution in [3.05, 3.63) is 35.4 Å². The van der Waals surface area contributed by atoms with Crippen LogP contribution in [0, 0.1) is 0 Å². The number of benzene rings is 1. The van der Waals surface area contributed by atoms with E-state index in [1.54, 1.807) is 30.5 Å². The van der Waals surface area contributed by atoms with Gasteiger partial charge >= 0.3 is 5.97 Å². The summed E-state index contributed by atoms with van der Waals surface area (Å²) in [5.41, 5.74) is 4.23. The SMILES string of the molecule is CCNC(=S)N[NH+]=Cc1ccc(C(=O)OC)cc1. The largest absolute Gasteiger partial charge is 0.465 e. The topological polar surface area (TPSA) is 64.3 Å². The van der Waals surface area contributed by atoms with Gasteiger partial charge in [-0.1, -0.05) is 0 Å². The standard InChI is InChI=1S/C12H15N3O2S/c1-3-13-12(18)15-14-8-9-4-6-10(7-5-9)11(16)17-2/h4-8H,3H2,1-2H3,(H2,13,15,18)/p+1. The molecule has 3 N–H and O–H groups in total. The van der Waals surface area contributed by atoms with E-state index in [1.807, 2.05) is 6.92 Å². The van der Waals surface area contributed by atoms with Crippen molar-refractivity contribution in [2.45, 2.75) is 6.92 Å². The molecule has 0 amide bonds. The lowest BCUT2D eigenvalue weighted by atomic mass is 10.1. The first kappa shape index (κ1) is 14.1. The normalized spacial score (nSPS) is 10.1. The average Bonchev–Trinajstić information content (AvgIpc) is 2.39. The van der Waals surface area contributed by atoms with E-state index in [9.17, 15) is 4.79 Å². The van der Waals surface area contributed by atoms with Crippen LogP contribution in [0.3, 0.4) is 0 Å². The van der Waals surface area contributed by atoms with Crippen molar-refractivity contribution in [1.29, 1.82) is 0 Å². The molecule has 1 aromatic carbocycles. The molecule has 6 heteroatoms. The van der Waals surface area contributed by atoms with Crippen LogP contribution in [0.2, 0.25) is 0 Å². The molecule has 0 radical (unpaired) electrons. The van der Waals surface area contributed by atoms with Gasteiger partial charge in [-0.25, -0.2) is 4.79 Å². The molecule has 18 heavy (non-hydrogen) atoms. The number of rotatable bonds is 4. The molecule has 5 nitrogen and oxygen atoms in total. The minimum Gasteiger partial charge on any atom is -0.465 e. The van der Waals surface area contributed by atoms with E-state index < -0.39 is 0 Å². The summed E-state index contributed by atoms with van der Waals surface area (Å²) in [5, 5.41) is 6.32. The van der Waals surface area contributed by atoms with Crippen LogP contribution in [-0.4, -0.2) is 31.0 Å². The van der Waals surface area contributed by atoms with Gasteiger partial charge in [0.2, 0.25) is 5.11 Å². The molecule has 0 saturated carbocycles. The van der Waals surface area contributed by atoms with Crippen LogP contribution in [0.25, 0.3) is 0 Å². The Balaban J connectivity index is 2.56. The summed E-state index contributed by atoms with van der Waals surface area (Å²) >= 11 is 4.97. The second kappa shape index (κ2) is 7.39. The number of hydrogen-bond acceptors (Lipinski definition) is 3. The van der Waals surface area contributed by atoms with E-state index >= 15 is 0 Å². The number of hydrazine groups is 1. The van der Waals surface area contributed by atoms with Crippen LogP contribution in [0.5, 0.6) is 0 Å². The van der Waals surface area contributed by atoms with Crippen molar-refractivity contribution < 1.29 is 14.6 Å². The molecule has 0 saturated heterocycles. The summed E-state index contributed by atoms with van der Waals surface area (Å²) in [6.07, 6.45) is 1.74. The lowest BCUT2D eigenvalue weighted by molar-refractivity contribution is -0.500. The zero-order valence-electron chi connectivity index (χ0n) is 10.3. The highest BCUT2D eigenvalue weighted by atomic mass is 32.1. The third-order valence-electron chi connectivity index (χ3n) is 2.09. The number of ether oxygens (including phenoxy) is 1. The number of nitrogens with one attached hydrogen (secondary N) is 3. The molecule has 0 spiro atoms. The van der Waals surface area contributed by atoms with Gasteiger partial charge in [0, 0.05) is 12.1 Å². The number of hydrogen-bond donors (Lipinski definition) is 3. The molecule has 0 bridgehead atoms. The molecule has 1 aromatic rings. The first-order valence-corrected chi connectivity index (χ1v) is 5.89. The summed E-state index contributed by atoms with van der Waals surface area (Å²) in [6, 6.07) is 7.00. The Labute approximate surface area is 111 Å². The Bertz CT molecular complexity index is 443. The van der Waals surface area contributed by atoms with Crippen LogP contribution in [0.4, 0.5) is 0 Å². The number of carbonyl (C=O) groups is 1. The first-order valence-electron chi connectivity index (χ1n) is 5.48. The second-order valence-corrected chi connectivity index (χ2v) is 3.79. The van der Waals surface area contributed by atoms with Gasteiger partial charge in [-0.15, -0.1) is 10.5 Å². The fourth-order valence-electron chi connectivity index (χ4n) is 1.22. The van der Waals surface area contributed by atoms with Gasteiger partial charge in [0.25, 0.3) is 0 Å². The Hall–Kier alpha value is -1.95. The number of thiocarbonyl (C=S) groups is 1. The van der Waals surface area contributed by atoms with Gasteiger partial charge in [0.1, 0.15) is 0 Å². The van der Waals surface area contributed by atoms with E-state index in [2.05, 4.69) is 20.6 Å². The van der Waals surface area contributed by atoms with E-state index in [4.69, 9.17) is 12.2 Å². The van der Waals surface area contributed by atoms with Crippen LogP contribution in [-0.2, 0) is 4.74 Å². The molecule has 1 rings (SSSR count). The summed E-state index contributed by atoms with van der Waals surface area (Å²) in [4.78, 5) is 11.2. The molecule has 0 aliphatic rings. The molecule has 0 aliphatic heterocycles. The van der Waals surface area contributed by atoms with Gasteiger partial charge in [-0.3, -0.25) is 0 Å². The highest BCUT2D eigenvalue weighted by Crippen LogP contribution is 2.02. The van der Waals surface area contributed by atoms with Crippen molar-refractivity contribution >= 4 is 29.5 Å². The summed E-state index contributed by atoms with van der Waals surface area (Å²) in [6.45, 7) is 2.73. The molecule has 0 heterocycles. The van der Waals surface area contributed by atoms with Crippen LogP contribution < -0.4 is 15.8 Å². The fourth-order valence-corrected chi connectivity index (χ4v) is 1.43. The fraction of sp³-hybridized carbons (Fsp3) is 0.250. The summed E-state index contributed by atoms with van der Waals surface area (Å²) < 4.78 is 4.61. The highest BCUT2D eigenvalue weighted by molar-refractivity contribution is 7.80. The van der Waals surface area contributed by atoms with E-state index in [0.717, 1.165) is 12.1 Å². The Morgan fingerprint density at radius 2 is 2.11 bits per heavy atom. The van der Waals surface area contributed by atoms with E-state index in [-0.39, 0.29) is 5.97 Å². The van der Waals surface area contributed by atoms with E-state index in [0.29, 0.717) is 10.7 Å². The van der Waals surface area contributed by atoms with Crippen molar-refractivity contribution in [2.75, 3.05) is 13.7 Å². The summed E-state index contributed by atoms with van der Waals surface area (Å²) in [5.74, 6) is -0.346. The smallest absolute Gasteiger partial charge is 0.337 e. The minimum atomic E-state index is -0.346. The van der Waals surface area contributed by atoms with Crippen molar-refractivity contribution in [3.8, 4) is 0 Å². The third-order valence-corrected chi connectivity index (χ3v) is 2.34. The molecule has 0 aliphatic carbocycles. The predicted molar refractivity (Wildman–Crippen MR) is 73.3 cm³/mol. The molecule has 0 aromatic heterocycles. The quantitative estimate of drug-likeness (QED) is 0.293. The van der Waals surface area contributed by atoms with Gasteiger partial charge in [0.15, 0.2) is 6.21 Å². The second-order valence-electron chi connectivity index (χ2n) is 3.39. The first-order chi connectivity index (χ1) is 8.67. The monoisotopic (exact) mass is 266 g/mol. The third kappa shape index (κ3) is 4.50. The molecule has 0 atom stereocenters. The minimum absolute atomic E-state index is 0.346. The van der Waals surface area contributed by atoms with Crippen molar-refractivity contribution in [2.24, 2.45) is 0 Å². The molecular formula is C12H16N3O2S+. The van der Waals surface area contributed by atoms with Gasteiger partial charge in [-0.05, 0) is 43.4 Å². The Morgan fingerprint density at radius 3 is 2.67 bits per heavy atom. The molecule has 0 fully saturated rings. The zero-order valence-corrected chi connectivity index (χ0v) is 11.1. The maximum atomic E-state index is 11.2. The lowest BCUT2D eigenvalue weighted by Gasteiger charge is -1.99. The van der Waals surface area contributed by atoms with Crippen LogP contribution >= 0.6 is 12.2 Å². The maximum absolute atomic E-state index is 11.2. The van der Waals surface area contributed by atoms with Crippen molar-refractivity contribution in [3.63, 3.8) is 0 Å². The van der Waals surface area contributed by atoms with Gasteiger partial charge in [-0.2, -0.15) is 0 Å². The predicted octanol–water partition coefficient (Wildman–Crippen LogP) is -0.628. The lowest BCUT2D eigenvalue weighted by Crippen LogP contribution is -2.82. The molecule has 96 valence electrons. The summed E-state index contributed by atoms with van der Waals surface area (Å²) in [7, 11) is 1.36. The van der Waals surface area contributed by atoms with Crippen LogP contribution in [0.1, 0.15) is 22.8 Å². The van der Waals surface area contributed by atoms with Gasteiger partial charge < -0.3 is 10.1 Å². The number of esters is 1.